The molecule has 6 rings (SSSR count). The highest BCUT2D eigenvalue weighted by Crippen LogP contribution is 2.32. The Morgan fingerprint density at radius 1 is 0.833 bits per heavy atom. The van der Waals surface area contributed by atoms with Crippen LogP contribution in [-0.4, -0.2) is 30.3 Å². The second-order valence-corrected chi connectivity index (χ2v) is 8.95. The second-order valence-electron chi connectivity index (χ2n) is 8.95. The van der Waals surface area contributed by atoms with Crippen molar-refractivity contribution in [2.24, 2.45) is 0 Å². The minimum atomic E-state index is 0.131. The molecule has 6 aromatic rings. The van der Waals surface area contributed by atoms with Gasteiger partial charge >= 0.3 is 0 Å². The molecule has 0 unspecified atom stereocenters. The monoisotopic (exact) mass is 471 g/mol. The molecule has 0 atom stereocenters. The summed E-state index contributed by atoms with van der Waals surface area (Å²) in [5, 5.41) is 1.12. The molecule has 6 heteroatoms. The van der Waals surface area contributed by atoms with Gasteiger partial charge in [0.2, 0.25) is 0 Å². The first-order valence-corrected chi connectivity index (χ1v) is 12.2. The number of carbonyl (C=O) groups is 1. The average molecular weight is 472 g/mol. The van der Waals surface area contributed by atoms with Crippen LogP contribution in [0.2, 0.25) is 0 Å². The summed E-state index contributed by atoms with van der Waals surface area (Å²) in [5.41, 5.74) is 6.90. The number of fused-ring (bicyclic) bond motifs is 2. The maximum Gasteiger partial charge on any atom is 0.162 e. The molecule has 0 radical (unpaired) electrons. The topological polar surface area (TPSA) is 76.5 Å². The van der Waals surface area contributed by atoms with Gasteiger partial charge in [-0.05, 0) is 49.2 Å². The number of ketones is 1. The molecule has 0 aliphatic heterocycles. The second kappa shape index (κ2) is 9.58. The molecule has 0 saturated heterocycles. The summed E-state index contributed by atoms with van der Waals surface area (Å²) in [6.45, 7) is 0.869. The predicted molar refractivity (Wildman–Crippen MR) is 143 cm³/mol. The smallest absolute Gasteiger partial charge is 0.162 e. The normalized spacial score (nSPS) is 11.3. The van der Waals surface area contributed by atoms with Gasteiger partial charge in [0, 0.05) is 59.1 Å². The number of benzene rings is 3. The van der Waals surface area contributed by atoms with Gasteiger partial charge in [-0.2, -0.15) is 0 Å². The van der Waals surface area contributed by atoms with Gasteiger partial charge in [-0.1, -0.05) is 36.4 Å². The van der Waals surface area contributed by atoms with E-state index in [4.69, 9.17) is 9.97 Å². The van der Waals surface area contributed by atoms with E-state index in [9.17, 15) is 4.79 Å². The number of H-pyrrole nitrogens is 1. The van der Waals surface area contributed by atoms with Crippen LogP contribution in [0.15, 0.2) is 97.7 Å². The van der Waals surface area contributed by atoms with Crippen LogP contribution in [0.1, 0.15) is 29.6 Å². The first-order chi connectivity index (χ1) is 17.7. The van der Waals surface area contributed by atoms with Gasteiger partial charge in [0.15, 0.2) is 5.78 Å². The first kappa shape index (κ1) is 21.9. The number of hydrogen-bond acceptors (Lipinski definition) is 4. The fourth-order valence-electron chi connectivity index (χ4n) is 4.57. The molecule has 3 aromatic carbocycles. The van der Waals surface area contributed by atoms with Crippen molar-refractivity contribution in [3.8, 4) is 22.5 Å². The lowest BCUT2D eigenvalue weighted by atomic mass is 10.0. The molecule has 1 N–H and O–H groups in total. The minimum absolute atomic E-state index is 0.131. The summed E-state index contributed by atoms with van der Waals surface area (Å²) < 4.78 is 2.03. The van der Waals surface area contributed by atoms with Crippen LogP contribution in [0, 0.1) is 0 Å². The van der Waals surface area contributed by atoms with Crippen LogP contribution in [0.5, 0.6) is 0 Å². The van der Waals surface area contributed by atoms with Crippen LogP contribution >= 0.6 is 0 Å². The van der Waals surface area contributed by atoms with Crippen LogP contribution in [0.3, 0.4) is 0 Å². The number of aryl methyl sites for hydroxylation is 1. The number of nitrogens with one attached hydrogen (secondary N) is 1. The molecule has 0 spiro atoms. The van der Waals surface area contributed by atoms with Gasteiger partial charge in [0.1, 0.15) is 0 Å². The SMILES string of the molecule is O=C(CCCCn1ccnc1)c1ccc2nc(-c3ccccc3)c(-c3ccc4[nH]ccc4c3)nc2c1. The van der Waals surface area contributed by atoms with Crippen LogP contribution in [-0.2, 0) is 6.54 Å². The number of aromatic nitrogens is 5. The lowest BCUT2D eigenvalue weighted by Gasteiger charge is -2.12. The first-order valence-electron chi connectivity index (χ1n) is 12.2. The highest BCUT2D eigenvalue weighted by molar-refractivity contribution is 5.99. The standard InChI is InChI=1S/C30H25N5O/c36-28(8-4-5-16-35-17-15-31-20-35)23-9-12-26-27(19-23)34-30(29(33-26)21-6-2-1-3-7-21)24-10-11-25-22(18-24)13-14-32-25/h1-3,6-7,9-15,17-20,32H,4-5,8,16H2. The Bertz CT molecular complexity index is 1650. The average Bonchev–Trinajstić information content (AvgIpc) is 3.62. The van der Waals surface area contributed by atoms with Gasteiger partial charge in [0.05, 0.1) is 28.7 Å². The van der Waals surface area contributed by atoms with E-state index in [1.807, 2.05) is 53.4 Å². The Balaban J connectivity index is 1.34. The van der Waals surface area contributed by atoms with Crippen molar-refractivity contribution in [1.29, 1.82) is 0 Å². The highest BCUT2D eigenvalue weighted by Gasteiger charge is 2.15. The number of rotatable bonds is 8. The summed E-state index contributed by atoms with van der Waals surface area (Å²) >= 11 is 0. The van der Waals surface area contributed by atoms with E-state index in [0.29, 0.717) is 12.0 Å². The van der Waals surface area contributed by atoms with Crippen molar-refractivity contribution >= 4 is 27.7 Å². The number of nitrogens with zero attached hydrogens (tertiary/aromatic N) is 4. The molecule has 0 saturated carbocycles. The maximum atomic E-state index is 12.9. The predicted octanol–water partition coefficient (Wildman–Crippen LogP) is 6.69. The Morgan fingerprint density at radius 3 is 2.56 bits per heavy atom. The summed E-state index contributed by atoms with van der Waals surface area (Å²) in [7, 11) is 0. The van der Waals surface area contributed by atoms with Crippen molar-refractivity contribution in [3.63, 3.8) is 0 Å². The van der Waals surface area contributed by atoms with E-state index < -0.39 is 0 Å². The molecule has 0 bridgehead atoms. The van der Waals surface area contributed by atoms with Gasteiger partial charge in [-0.25, -0.2) is 15.0 Å². The Kier molecular flexibility index (Phi) is 5.83. The third-order valence-corrected chi connectivity index (χ3v) is 6.49. The number of unbranched alkanes of at least 4 members (excludes halogenated alkanes) is 1. The third kappa shape index (κ3) is 4.41. The summed E-state index contributed by atoms with van der Waals surface area (Å²) in [5.74, 6) is 0.131. The summed E-state index contributed by atoms with van der Waals surface area (Å²) in [6.07, 6.45) is 9.73. The minimum Gasteiger partial charge on any atom is -0.361 e. The summed E-state index contributed by atoms with van der Waals surface area (Å²) in [4.78, 5) is 30.3. The zero-order valence-electron chi connectivity index (χ0n) is 19.8. The molecule has 6 nitrogen and oxygen atoms in total. The van der Waals surface area contributed by atoms with Crippen LogP contribution in [0.25, 0.3) is 44.5 Å². The quantitative estimate of drug-likeness (QED) is 0.198. The number of carbonyl (C=O) groups excluding carboxylic acids is 1. The Hall–Kier alpha value is -4.58. The molecular formula is C30H25N5O. The lowest BCUT2D eigenvalue weighted by molar-refractivity contribution is 0.0979. The van der Waals surface area contributed by atoms with E-state index in [2.05, 4.69) is 46.4 Å². The number of aromatic amines is 1. The van der Waals surface area contributed by atoms with Crippen molar-refractivity contribution in [3.05, 3.63) is 103 Å². The zero-order valence-corrected chi connectivity index (χ0v) is 19.8. The molecule has 0 aliphatic rings. The van der Waals surface area contributed by atoms with Crippen LogP contribution < -0.4 is 0 Å². The molecule has 0 fully saturated rings. The molecule has 36 heavy (non-hydrogen) atoms. The van der Waals surface area contributed by atoms with Crippen LogP contribution in [0.4, 0.5) is 0 Å². The number of imidazole rings is 1. The Labute approximate surface area is 208 Å². The van der Waals surface area contributed by atoms with Crippen molar-refractivity contribution < 1.29 is 4.79 Å². The van der Waals surface area contributed by atoms with Crippen molar-refractivity contribution in [1.82, 2.24) is 24.5 Å². The van der Waals surface area contributed by atoms with Gasteiger partial charge in [-0.3, -0.25) is 4.79 Å². The van der Waals surface area contributed by atoms with E-state index in [1.54, 1.807) is 12.5 Å². The van der Waals surface area contributed by atoms with Gasteiger partial charge in [-0.15, -0.1) is 0 Å². The molecule has 3 heterocycles. The fraction of sp³-hybridized carbons (Fsp3) is 0.133. The third-order valence-electron chi connectivity index (χ3n) is 6.49. The molecule has 3 aromatic heterocycles. The van der Waals surface area contributed by atoms with E-state index in [0.717, 1.165) is 63.8 Å². The number of hydrogen-bond donors (Lipinski definition) is 1. The Morgan fingerprint density at radius 2 is 1.69 bits per heavy atom. The van der Waals surface area contributed by atoms with Gasteiger partial charge < -0.3 is 9.55 Å². The van der Waals surface area contributed by atoms with E-state index >= 15 is 0 Å². The zero-order chi connectivity index (χ0) is 24.3. The fourth-order valence-corrected chi connectivity index (χ4v) is 4.57. The highest BCUT2D eigenvalue weighted by atomic mass is 16.1. The molecule has 0 aliphatic carbocycles. The molecule has 176 valence electrons. The molecular weight excluding hydrogens is 446 g/mol. The van der Waals surface area contributed by atoms with Gasteiger partial charge in [0.25, 0.3) is 0 Å². The van der Waals surface area contributed by atoms with E-state index in [1.165, 1.54) is 0 Å². The summed E-state index contributed by atoms with van der Waals surface area (Å²) in [6, 6.07) is 24.1. The number of Topliss-reactive ketones (excluding diaryl/α,β-unsaturated/α-hetero) is 1. The van der Waals surface area contributed by atoms with Crippen molar-refractivity contribution in [2.45, 2.75) is 25.8 Å². The lowest BCUT2D eigenvalue weighted by Crippen LogP contribution is -2.02. The molecule has 0 amide bonds. The van der Waals surface area contributed by atoms with E-state index in [-0.39, 0.29) is 5.78 Å². The van der Waals surface area contributed by atoms with Crippen molar-refractivity contribution in [2.75, 3.05) is 0 Å². The largest absolute Gasteiger partial charge is 0.361 e. The maximum absolute atomic E-state index is 12.9.